The maximum absolute atomic E-state index is 12.5. The van der Waals surface area contributed by atoms with Crippen LogP contribution in [0.15, 0.2) is 18.2 Å². The highest BCUT2D eigenvalue weighted by atomic mass is 35.5. The van der Waals surface area contributed by atoms with E-state index in [0.717, 1.165) is 18.4 Å². The topological polar surface area (TPSA) is 74.0 Å². The fourth-order valence-electron chi connectivity index (χ4n) is 2.44. The van der Waals surface area contributed by atoms with E-state index in [0.29, 0.717) is 6.54 Å². The van der Waals surface area contributed by atoms with E-state index in [1.54, 1.807) is 17.0 Å². The fourth-order valence-corrected chi connectivity index (χ4v) is 2.44. The van der Waals surface area contributed by atoms with Crippen molar-refractivity contribution in [2.75, 3.05) is 20.8 Å². The van der Waals surface area contributed by atoms with Gasteiger partial charge in [-0.05, 0) is 30.5 Å². The van der Waals surface area contributed by atoms with Crippen LogP contribution in [0.25, 0.3) is 0 Å². The Balaban J connectivity index is 0.00000312. The first-order valence-electron chi connectivity index (χ1n) is 7.63. The molecule has 2 N–H and O–H groups in total. The van der Waals surface area contributed by atoms with Gasteiger partial charge in [-0.3, -0.25) is 4.79 Å². The van der Waals surface area contributed by atoms with Crippen LogP contribution in [0.1, 0.15) is 18.4 Å². The average molecular weight is 381 g/mol. The Bertz CT molecular complexity index is 573. The molecule has 1 aliphatic carbocycles. The van der Waals surface area contributed by atoms with Crippen LogP contribution in [-0.4, -0.2) is 50.3 Å². The van der Waals surface area contributed by atoms with Gasteiger partial charge in [0, 0.05) is 19.7 Å². The summed E-state index contributed by atoms with van der Waals surface area (Å²) in [5, 5.41) is 0. The fraction of sp³-hybridized carbons (Fsp3) is 0.562. The number of hydrogen-bond donors (Lipinski definition) is 1. The smallest absolute Gasteiger partial charge is 0.387 e. The summed E-state index contributed by atoms with van der Waals surface area (Å²) in [5.41, 5.74) is 6.59. The zero-order valence-electron chi connectivity index (χ0n) is 14.1. The first-order chi connectivity index (χ1) is 11.5. The van der Waals surface area contributed by atoms with Crippen molar-refractivity contribution < 1.29 is 27.8 Å². The van der Waals surface area contributed by atoms with E-state index in [4.69, 9.17) is 15.2 Å². The minimum atomic E-state index is -2.93. The van der Waals surface area contributed by atoms with Crippen molar-refractivity contribution in [2.24, 2.45) is 5.73 Å². The lowest BCUT2D eigenvalue weighted by molar-refractivity contribution is -0.135. The molecular formula is C16H23ClF2N2O4. The number of nitrogens with two attached hydrogens (primary N) is 1. The SMILES string of the molecule is COCC(N)C(=O)N(Cc1ccc(OC(F)F)c(OC)c1)C1CC1.Cl. The van der Waals surface area contributed by atoms with Crippen LogP contribution in [0.2, 0.25) is 0 Å². The van der Waals surface area contributed by atoms with Crippen molar-refractivity contribution in [2.45, 2.75) is 38.1 Å². The van der Waals surface area contributed by atoms with Crippen LogP contribution < -0.4 is 15.2 Å². The number of hydrogen-bond acceptors (Lipinski definition) is 5. The van der Waals surface area contributed by atoms with Gasteiger partial charge in [-0.15, -0.1) is 12.4 Å². The number of halogens is 3. The lowest BCUT2D eigenvalue weighted by atomic mass is 10.1. The number of carbonyl (C=O) groups excluding carboxylic acids is 1. The van der Waals surface area contributed by atoms with E-state index >= 15 is 0 Å². The lowest BCUT2D eigenvalue weighted by Crippen LogP contribution is -2.46. The number of amides is 1. The zero-order chi connectivity index (χ0) is 17.7. The molecule has 0 heterocycles. The number of alkyl halides is 2. The van der Waals surface area contributed by atoms with Crippen molar-refractivity contribution in [3.05, 3.63) is 23.8 Å². The minimum absolute atomic E-state index is 0. The monoisotopic (exact) mass is 380 g/mol. The van der Waals surface area contributed by atoms with Gasteiger partial charge in [0.25, 0.3) is 0 Å². The number of carbonyl (C=O) groups is 1. The summed E-state index contributed by atoms with van der Waals surface area (Å²) in [6.45, 7) is -2.46. The Labute approximate surface area is 151 Å². The average Bonchev–Trinajstić information content (AvgIpc) is 3.37. The zero-order valence-corrected chi connectivity index (χ0v) is 14.9. The standard InChI is InChI=1S/C16H22F2N2O4.ClH/c1-22-9-12(19)15(21)20(11-4-5-11)8-10-3-6-13(24-16(17)18)14(7-10)23-2;/h3,6-7,11-12,16H,4-5,8-9,19H2,1-2H3;1H. The lowest BCUT2D eigenvalue weighted by Gasteiger charge is -2.26. The Morgan fingerprint density at radius 2 is 2.00 bits per heavy atom. The van der Waals surface area contributed by atoms with Gasteiger partial charge in [-0.25, -0.2) is 0 Å². The van der Waals surface area contributed by atoms with Gasteiger partial charge < -0.3 is 24.8 Å². The van der Waals surface area contributed by atoms with Gasteiger partial charge in [-0.1, -0.05) is 6.07 Å². The van der Waals surface area contributed by atoms with Crippen LogP contribution in [0.3, 0.4) is 0 Å². The molecule has 2 rings (SSSR count). The highest BCUT2D eigenvalue weighted by molar-refractivity contribution is 5.85. The van der Waals surface area contributed by atoms with E-state index in [-0.39, 0.29) is 42.5 Å². The maximum atomic E-state index is 12.5. The largest absolute Gasteiger partial charge is 0.493 e. The molecule has 6 nitrogen and oxygen atoms in total. The molecule has 142 valence electrons. The van der Waals surface area contributed by atoms with Gasteiger partial charge in [0.05, 0.1) is 13.7 Å². The molecule has 1 amide bonds. The molecule has 0 aromatic heterocycles. The van der Waals surface area contributed by atoms with Gasteiger partial charge in [-0.2, -0.15) is 8.78 Å². The molecular weight excluding hydrogens is 358 g/mol. The minimum Gasteiger partial charge on any atom is -0.493 e. The molecule has 1 aromatic carbocycles. The van der Waals surface area contributed by atoms with Gasteiger partial charge in [0.15, 0.2) is 11.5 Å². The van der Waals surface area contributed by atoms with E-state index < -0.39 is 12.7 Å². The molecule has 0 aliphatic heterocycles. The Hall–Kier alpha value is -1.64. The third-order valence-electron chi connectivity index (χ3n) is 3.73. The van der Waals surface area contributed by atoms with Crippen molar-refractivity contribution in [1.29, 1.82) is 0 Å². The summed E-state index contributed by atoms with van der Waals surface area (Å²) in [6.07, 6.45) is 1.85. The Kier molecular flexibility index (Phi) is 8.34. The van der Waals surface area contributed by atoms with E-state index in [1.165, 1.54) is 20.3 Å². The van der Waals surface area contributed by atoms with Crippen LogP contribution in [-0.2, 0) is 16.1 Å². The second kappa shape index (κ2) is 9.74. The van der Waals surface area contributed by atoms with Gasteiger partial charge in [0.2, 0.25) is 5.91 Å². The van der Waals surface area contributed by atoms with Crippen LogP contribution in [0, 0.1) is 0 Å². The van der Waals surface area contributed by atoms with Crippen LogP contribution >= 0.6 is 12.4 Å². The molecule has 0 spiro atoms. The highest BCUT2D eigenvalue weighted by Gasteiger charge is 2.34. The third-order valence-corrected chi connectivity index (χ3v) is 3.73. The number of methoxy groups -OCH3 is 2. The van der Waals surface area contributed by atoms with Gasteiger partial charge >= 0.3 is 6.61 Å². The molecule has 1 saturated carbocycles. The number of nitrogens with zero attached hydrogens (tertiary/aromatic N) is 1. The maximum Gasteiger partial charge on any atom is 0.387 e. The van der Waals surface area contributed by atoms with E-state index in [2.05, 4.69) is 4.74 Å². The Morgan fingerprint density at radius 1 is 1.32 bits per heavy atom. The summed E-state index contributed by atoms with van der Waals surface area (Å²) < 4.78 is 39.2. The second-order valence-corrected chi connectivity index (χ2v) is 5.62. The molecule has 1 aromatic rings. The van der Waals surface area contributed by atoms with E-state index in [1.807, 2.05) is 0 Å². The summed E-state index contributed by atoms with van der Waals surface area (Å²) in [7, 11) is 2.86. The molecule has 0 radical (unpaired) electrons. The third kappa shape index (κ3) is 5.98. The highest BCUT2D eigenvalue weighted by Crippen LogP contribution is 2.32. The molecule has 0 saturated heterocycles. The first kappa shape index (κ1) is 21.4. The number of benzene rings is 1. The summed E-state index contributed by atoms with van der Waals surface area (Å²) in [4.78, 5) is 14.2. The molecule has 1 atom stereocenters. The van der Waals surface area contributed by atoms with Crippen molar-refractivity contribution in [3.63, 3.8) is 0 Å². The first-order valence-corrected chi connectivity index (χ1v) is 7.63. The summed E-state index contributed by atoms with van der Waals surface area (Å²) >= 11 is 0. The van der Waals surface area contributed by atoms with Crippen LogP contribution in [0.5, 0.6) is 11.5 Å². The van der Waals surface area contributed by atoms with E-state index in [9.17, 15) is 13.6 Å². The van der Waals surface area contributed by atoms with Crippen molar-refractivity contribution in [3.8, 4) is 11.5 Å². The normalized spacial score (nSPS) is 14.6. The van der Waals surface area contributed by atoms with Crippen molar-refractivity contribution in [1.82, 2.24) is 4.90 Å². The molecule has 0 bridgehead atoms. The summed E-state index contributed by atoms with van der Waals surface area (Å²) in [5.74, 6) is -0.0416. The molecule has 9 heteroatoms. The van der Waals surface area contributed by atoms with Gasteiger partial charge in [0.1, 0.15) is 6.04 Å². The molecule has 1 aliphatic rings. The quantitative estimate of drug-likeness (QED) is 0.710. The summed E-state index contributed by atoms with van der Waals surface area (Å²) in [6, 6.07) is 4.06. The number of rotatable bonds is 9. The molecule has 25 heavy (non-hydrogen) atoms. The predicted molar refractivity (Wildman–Crippen MR) is 90.3 cm³/mol. The Morgan fingerprint density at radius 3 is 2.52 bits per heavy atom. The molecule has 1 fully saturated rings. The second-order valence-electron chi connectivity index (χ2n) is 5.62. The van der Waals surface area contributed by atoms with Crippen molar-refractivity contribution >= 4 is 18.3 Å². The number of ether oxygens (including phenoxy) is 3. The van der Waals surface area contributed by atoms with Crippen LogP contribution in [0.4, 0.5) is 8.78 Å². The predicted octanol–water partition coefficient (Wildman–Crippen LogP) is 2.18. The molecule has 1 unspecified atom stereocenters.